The Hall–Kier alpha value is -2.03. The smallest absolute Gasteiger partial charge is 0.339 e. The molecule has 0 aliphatic heterocycles. The van der Waals surface area contributed by atoms with Crippen molar-refractivity contribution in [3.05, 3.63) is 29.1 Å². The maximum Gasteiger partial charge on any atom is 0.339 e. The van der Waals surface area contributed by atoms with Crippen LogP contribution in [0.4, 0.5) is 8.78 Å². The van der Waals surface area contributed by atoms with E-state index < -0.39 is 18.1 Å². The third-order valence-corrected chi connectivity index (χ3v) is 1.76. The number of nitrogens with zero attached hydrogens (tertiary/aromatic N) is 2. The first-order valence-corrected chi connectivity index (χ1v) is 4.45. The number of aromatic nitrogens is 1. The van der Waals surface area contributed by atoms with E-state index in [1.54, 1.807) is 13.0 Å². The van der Waals surface area contributed by atoms with Crippen LogP contribution in [0.15, 0.2) is 12.3 Å². The van der Waals surface area contributed by atoms with Crippen LogP contribution in [0.5, 0.6) is 0 Å². The molecule has 0 N–H and O–H groups in total. The van der Waals surface area contributed by atoms with E-state index in [0.29, 0.717) is 0 Å². The number of pyridine rings is 1. The maximum absolute atomic E-state index is 12.3. The molecule has 0 saturated heterocycles. The molecule has 0 aliphatic rings. The minimum absolute atomic E-state index is 0.0807. The Morgan fingerprint density at radius 3 is 2.88 bits per heavy atom. The molecule has 0 aromatic carbocycles. The third kappa shape index (κ3) is 2.51. The number of nitriles is 1. The van der Waals surface area contributed by atoms with Crippen LogP contribution < -0.4 is 0 Å². The molecule has 1 rings (SSSR count). The van der Waals surface area contributed by atoms with Gasteiger partial charge in [0.25, 0.3) is 6.43 Å². The first-order valence-electron chi connectivity index (χ1n) is 4.45. The molecule has 0 bridgehead atoms. The van der Waals surface area contributed by atoms with E-state index in [9.17, 15) is 13.6 Å². The minimum Gasteiger partial charge on any atom is -0.462 e. The van der Waals surface area contributed by atoms with E-state index >= 15 is 0 Å². The molecule has 0 unspecified atom stereocenters. The summed E-state index contributed by atoms with van der Waals surface area (Å²) in [5.74, 6) is -0.802. The summed E-state index contributed by atoms with van der Waals surface area (Å²) < 4.78 is 29.3. The number of hydrogen-bond acceptors (Lipinski definition) is 4. The van der Waals surface area contributed by atoms with E-state index in [0.717, 1.165) is 12.3 Å². The predicted octanol–water partition coefficient (Wildman–Crippen LogP) is 2.07. The van der Waals surface area contributed by atoms with E-state index in [2.05, 4.69) is 9.72 Å². The molecule has 16 heavy (non-hydrogen) atoms. The van der Waals surface area contributed by atoms with Gasteiger partial charge >= 0.3 is 5.97 Å². The van der Waals surface area contributed by atoms with Gasteiger partial charge in [0, 0.05) is 6.20 Å². The summed E-state index contributed by atoms with van der Waals surface area (Å²) in [6.45, 7) is 1.69. The summed E-state index contributed by atoms with van der Waals surface area (Å²) in [5, 5.41) is 8.68. The minimum atomic E-state index is -2.79. The van der Waals surface area contributed by atoms with Crippen molar-refractivity contribution in [1.82, 2.24) is 4.98 Å². The fourth-order valence-corrected chi connectivity index (χ4v) is 1.06. The third-order valence-electron chi connectivity index (χ3n) is 1.76. The lowest BCUT2D eigenvalue weighted by atomic mass is 10.1. The second-order valence-electron chi connectivity index (χ2n) is 2.79. The van der Waals surface area contributed by atoms with Crippen LogP contribution in [0.25, 0.3) is 0 Å². The van der Waals surface area contributed by atoms with Gasteiger partial charge in [-0.15, -0.1) is 0 Å². The van der Waals surface area contributed by atoms with Crippen molar-refractivity contribution in [2.75, 3.05) is 6.61 Å². The van der Waals surface area contributed by atoms with Crippen molar-refractivity contribution in [1.29, 1.82) is 5.26 Å². The molecule has 0 saturated carbocycles. The molecule has 0 spiro atoms. The lowest BCUT2D eigenvalue weighted by molar-refractivity contribution is 0.0525. The number of carbonyl (C=O) groups is 1. The number of halogens is 2. The largest absolute Gasteiger partial charge is 0.462 e. The number of hydrogen-bond donors (Lipinski definition) is 0. The summed E-state index contributed by atoms with van der Waals surface area (Å²) in [4.78, 5) is 14.7. The van der Waals surface area contributed by atoms with Crippen molar-refractivity contribution < 1.29 is 18.3 Å². The Kier molecular flexibility index (Phi) is 3.89. The number of alkyl halides is 2. The van der Waals surface area contributed by atoms with E-state index in [-0.39, 0.29) is 17.7 Å². The van der Waals surface area contributed by atoms with E-state index in [1.807, 2.05) is 0 Å². The van der Waals surface area contributed by atoms with Gasteiger partial charge in [0.2, 0.25) is 0 Å². The Labute approximate surface area is 90.5 Å². The van der Waals surface area contributed by atoms with Gasteiger partial charge in [0.15, 0.2) is 0 Å². The van der Waals surface area contributed by atoms with Crippen molar-refractivity contribution in [2.24, 2.45) is 0 Å². The normalized spacial score (nSPS) is 9.94. The fourth-order valence-electron chi connectivity index (χ4n) is 1.06. The standard InChI is InChI=1S/C10H8F2N2O2/c1-2-16-10(15)7-3-8(9(11)12)14-5-6(7)4-13/h3,5,9H,2H2,1H3. The zero-order chi connectivity index (χ0) is 12.1. The van der Waals surface area contributed by atoms with Gasteiger partial charge in [-0.1, -0.05) is 0 Å². The van der Waals surface area contributed by atoms with Crippen molar-refractivity contribution >= 4 is 5.97 Å². The number of esters is 1. The molecule has 0 radical (unpaired) electrons. The Balaban J connectivity index is 3.18. The predicted molar refractivity (Wildman–Crippen MR) is 49.9 cm³/mol. The van der Waals surface area contributed by atoms with Crippen molar-refractivity contribution in [3.8, 4) is 6.07 Å². The summed E-state index contributed by atoms with van der Waals surface area (Å²) in [7, 11) is 0. The molecule has 1 aromatic heterocycles. The van der Waals surface area contributed by atoms with Crippen LogP contribution in [0.3, 0.4) is 0 Å². The Morgan fingerprint density at radius 2 is 2.38 bits per heavy atom. The van der Waals surface area contributed by atoms with E-state index in [1.165, 1.54) is 0 Å². The fraction of sp³-hybridized carbons (Fsp3) is 0.300. The van der Waals surface area contributed by atoms with Crippen LogP contribution in [-0.2, 0) is 4.74 Å². The van der Waals surface area contributed by atoms with Gasteiger partial charge in [0.05, 0.1) is 17.7 Å². The highest BCUT2D eigenvalue weighted by atomic mass is 19.3. The summed E-state index contributed by atoms with van der Waals surface area (Å²) in [6, 6.07) is 2.57. The second kappa shape index (κ2) is 5.16. The second-order valence-corrected chi connectivity index (χ2v) is 2.79. The molecule has 4 nitrogen and oxygen atoms in total. The van der Waals surface area contributed by atoms with Crippen LogP contribution in [0.2, 0.25) is 0 Å². The summed E-state index contributed by atoms with van der Waals surface area (Å²) in [5.41, 5.74) is -0.820. The van der Waals surface area contributed by atoms with Crippen molar-refractivity contribution in [3.63, 3.8) is 0 Å². The average Bonchev–Trinajstić information content (AvgIpc) is 2.28. The van der Waals surface area contributed by atoms with Crippen LogP contribution in [0.1, 0.15) is 35.0 Å². The molecule has 0 aliphatic carbocycles. The Bertz CT molecular complexity index is 441. The summed E-state index contributed by atoms with van der Waals surface area (Å²) in [6.07, 6.45) is -1.85. The molecule has 84 valence electrons. The maximum atomic E-state index is 12.3. The first-order chi connectivity index (χ1) is 7.60. The topological polar surface area (TPSA) is 63.0 Å². The van der Waals surface area contributed by atoms with Gasteiger partial charge in [-0.25, -0.2) is 13.6 Å². The van der Waals surface area contributed by atoms with Gasteiger partial charge in [0.1, 0.15) is 11.8 Å². The lowest BCUT2D eigenvalue weighted by Crippen LogP contribution is -2.08. The van der Waals surface area contributed by atoms with Crippen LogP contribution in [0, 0.1) is 11.3 Å². The molecular formula is C10H8F2N2O2. The number of ether oxygens (including phenoxy) is 1. The molecule has 1 heterocycles. The molecule has 0 amide bonds. The summed E-state index contributed by atoms with van der Waals surface area (Å²) >= 11 is 0. The van der Waals surface area contributed by atoms with E-state index in [4.69, 9.17) is 5.26 Å². The number of rotatable bonds is 3. The molecule has 6 heteroatoms. The average molecular weight is 226 g/mol. The lowest BCUT2D eigenvalue weighted by Gasteiger charge is -2.05. The van der Waals surface area contributed by atoms with Gasteiger partial charge < -0.3 is 4.74 Å². The number of carbonyl (C=O) groups excluding carboxylic acids is 1. The van der Waals surface area contributed by atoms with Crippen molar-refractivity contribution in [2.45, 2.75) is 13.3 Å². The molecular weight excluding hydrogens is 218 g/mol. The molecule has 0 atom stereocenters. The Morgan fingerprint density at radius 1 is 1.69 bits per heavy atom. The van der Waals surface area contributed by atoms with Crippen LogP contribution in [-0.4, -0.2) is 17.6 Å². The monoisotopic (exact) mass is 226 g/mol. The van der Waals surface area contributed by atoms with Gasteiger partial charge in [-0.05, 0) is 13.0 Å². The highest BCUT2D eigenvalue weighted by Crippen LogP contribution is 2.19. The SMILES string of the molecule is CCOC(=O)c1cc(C(F)F)ncc1C#N. The van der Waals surface area contributed by atoms with Crippen LogP contribution >= 0.6 is 0 Å². The zero-order valence-corrected chi connectivity index (χ0v) is 8.41. The highest BCUT2D eigenvalue weighted by molar-refractivity contribution is 5.92. The molecule has 0 fully saturated rings. The molecule has 1 aromatic rings. The quantitative estimate of drug-likeness (QED) is 0.740. The van der Waals surface area contributed by atoms with Gasteiger partial charge in [-0.2, -0.15) is 5.26 Å². The van der Waals surface area contributed by atoms with Gasteiger partial charge in [-0.3, -0.25) is 4.98 Å². The highest BCUT2D eigenvalue weighted by Gasteiger charge is 2.17. The first kappa shape index (κ1) is 12.0. The zero-order valence-electron chi connectivity index (χ0n) is 8.41.